The number of halogens is 1. The molecule has 0 spiro atoms. The van der Waals surface area contributed by atoms with Crippen molar-refractivity contribution in [2.45, 2.75) is 72.9 Å². The average Bonchev–Trinajstić information content (AvgIpc) is 2.90. The Morgan fingerprint density at radius 1 is 1.25 bits per heavy atom. The Balaban J connectivity index is 0.00000529. The number of imidazole rings is 1. The fourth-order valence-electron chi connectivity index (χ4n) is 2.43. The van der Waals surface area contributed by atoms with Gasteiger partial charge in [0, 0.05) is 38.1 Å². The molecule has 0 aliphatic carbocycles. The molecule has 0 aromatic carbocycles. The molecule has 24 heavy (non-hydrogen) atoms. The Bertz CT molecular complexity index is 456. The van der Waals surface area contributed by atoms with Crippen LogP contribution in [0.15, 0.2) is 17.4 Å². The van der Waals surface area contributed by atoms with Gasteiger partial charge in [0.1, 0.15) is 5.82 Å². The van der Waals surface area contributed by atoms with Gasteiger partial charge in [-0.1, -0.05) is 13.8 Å². The van der Waals surface area contributed by atoms with Crippen molar-refractivity contribution in [2.75, 3.05) is 13.1 Å². The van der Waals surface area contributed by atoms with Crippen molar-refractivity contribution in [2.24, 2.45) is 10.9 Å². The maximum absolute atomic E-state index is 4.69. The highest BCUT2D eigenvalue weighted by Crippen LogP contribution is 2.06. The van der Waals surface area contributed by atoms with Crippen LogP contribution >= 0.6 is 24.0 Å². The van der Waals surface area contributed by atoms with E-state index in [2.05, 4.69) is 47.9 Å². The van der Waals surface area contributed by atoms with Crippen molar-refractivity contribution in [3.05, 3.63) is 18.2 Å². The highest BCUT2D eigenvalue weighted by Gasteiger charge is 2.06. The lowest BCUT2D eigenvalue weighted by molar-refractivity contribution is 0.489. The van der Waals surface area contributed by atoms with Crippen LogP contribution in [-0.2, 0) is 6.54 Å². The molecule has 1 atom stereocenters. The molecule has 0 amide bonds. The van der Waals surface area contributed by atoms with Gasteiger partial charge in [-0.05, 0) is 52.4 Å². The second-order valence-electron chi connectivity index (χ2n) is 6.65. The van der Waals surface area contributed by atoms with Crippen LogP contribution in [0.4, 0.5) is 0 Å². The van der Waals surface area contributed by atoms with Crippen LogP contribution in [-0.4, -0.2) is 34.6 Å². The van der Waals surface area contributed by atoms with Gasteiger partial charge >= 0.3 is 0 Å². The molecule has 2 N–H and O–H groups in total. The van der Waals surface area contributed by atoms with Crippen LogP contribution in [0.1, 0.15) is 59.2 Å². The topological polar surface area (TPSA) is 54.2 Å². The fourth-order valence-corrected chi connectivity index (χ4v) is 2.43. The molecule has 1 rings (SSSR count). The van der Waals surface area contributed by atoms with E-state index in [1.165, 1.54) is 12.8 Å². The molecule has 6 heteroatoms. The van der Waals surface area contributed by atoms with Crippen LogP contribution < -0.4 is 10.6 Å². The molecular formula is C18H36IN5. The molecule has 5 nitrogen and oxygen atoms in total. The lowest BCUT2D eigenvalue weighted by Gasteiger charge is -2.18. The Kier molecular flexibility index (Phi) is 13.1. The maximum atomic E-state index is 4.69. The molecule has 1 heterocycles. The minimum atomic E-state index is 0. The number of rotatable bonds is 10. The normalized spacial score (nSPS) is 12.8. The summed E-state index contributed by atoms with van der Waals surface area (Å²) in [4.78, 5) is 8.94. The van der Waals surface area contributed by atoms with Gasteiger partial charge in [-0.2, -0.15) is 0 Å². The number of unbranched alkanes of at least 4 members (excludes halogenated alkanes) is 1. The lowest BCUT2D eigenvalue weighted by atomic mass is 10.0. The standard InChI is InChI=1S/C18H35N5.HI/c1-6-19-18(22-16(4)10-9-15(2)3)21-11-7-8-13-23-14-12-20-17(23)5;/h12,14-16H,6-11,13H2,1-5H3,(H2,19,21,22);1H. The van der Waals surface area contributed by atoms with E-state index in [9.17, 15) is 0 Å². The Morgan fingerprint density at radius 3 is 2.58 bits per heavy atom. The van der Waals surface area contributed by atoms with Crippen LogP contribution in [0.2, 0.25) is 0 Å². The number of aliphatic imine (C=N–C) groups is 1. The second-order valence-corrected chi connectivity index (χ2v) is 6.65. The van der Waals surface area contributed by atoms with Gasteiger partial charge < -0.3 is 15.2 Å². The first kappa shape index (κ1) is 23.2. The van der Waals surface area contributed by atoms with Crippen LogP contribution in [0.3, 0.4) is 0 Å². The fraction of sp³-hybridized carbons (Fsp3) is 0.778. The largest absolute Gasteiger partial charge is 0.357 e. The van der Waals surface area contributed by atoms with E-state index in [0.717, 1.165) is 50.2 Å². The Morgan fingerprint density at radius 2 is 2.00 bits per heavy atom. The van der Waals surface area contributed by atoms with Crippen molar-refractivity contribution >= 4 is 29.9 Å². The van der Waals surface area contributed by atoms with Crippen molar-refractivity contribution in [3.8, 4) is 0 Å². The summed E-state index contributed by atoms with van der Waals surface area (Å²) in [5.41, 5.74) is 0. The zero-order chi connectivity index (χ0) is 17.1. The van der Waals surface area contributed by atoms with E-state index in [0.29, 0.717) is 6.04 Å². The van der Waals surface area contributed by atoms with Gasteiger partial charge in [-0.3, -0.25) is 4.99 Å². The average molecular weight is 449 g/mol. The number of hydrogen-bond acceptors (Lipinski definition) is 2. The summed E-state index contributed by atoms with van der Waals surface area (Å²) in [6.07, 6.45) is 8.55. The lowest BCUT2D eigenvalue weighted by Crippen LogP contribution is -2.42. The summed E-state index contributed by atoms with van der Waals surface area (Å²) >= 11 is 0. The molecule has 0 saturated heterocycles. The first-order valence-electron chi connectivity index (χ1n) is 9.05. The molecule has 0 aliphatic rings. The maximum Gasteiger partial charge on any atom is 0.191 e. The third kappa shape index (κ3) is 10.2. The quantitative estimate of drug-likeness (QED) is 0.246. The van der Waals surface area contributed by atoms with Gasteiger partial charge in [0.15, 0.2) is 5.96 Å². The summed E-state index contributed by atoms with van der Waals surface area (Å²) in [5, 5.41) is 6.85. The smallest absolute Gasteiger partial charge is 0.191 e. The number of nitrogens with one attached hydrogen (secondary N) is 2. The first-order valence-corrected chi connectivity index (χ1v) is 9.05. The van der Waals surface area contributed by atoms with E-state index in [4.69, 9.17) is 4.99 Å². The molecule has 0 radical (unpaired) electrons. The number of nitrogens with zero attached hydrogens (tertiary/aromatic N) is 3. The van der Waals surface area contributed by atoms with Crippen molar-refractivity contribution in [1.82, 2.24) is 20.2 Å². The number of aromatic nitrogens is 2. The van der Waals surface area contributed by atoms with Crippen molar-refractivity contribution in [3.63, 3.8) is 0 Å². The summed E-state index contributed by atoms with van der Waals surface area (Å²) < 4.78 is 2.20. The van der Waals surface area contributed by atoms with E-state index in [-0.39, 0.29) is 24.0 Å². The van der Waals surface area contributed by atoms with Gasteiger partial charge in [0.25, 0.3) is 0 Å². The van der Waals surface area contributed by atoms with E-state index >= 15 is 0 Å². The number of guanidine groups is 1. The third-order valence-electron chi connectivity index (χ3n) is 3.91. The Hall–Kier alpha value is -0.790. The summed E-state index contributed by atoms with van der Waals surface area (Å²) in [6, 6.07) is 0.462. The van der Waals surface area contributed by atoms with Crippen molar-refractivity contribution in [1.29, 1.82) is 0 Å². The zero-order valence-electron chi connectivity index (χ0n) is 16.0. The summed E-state index contributed by atoms with van der Waals surface area (Å²) in [7, 11) is 0. The molecule has 0 aliphatic heterocycles. The minimum Gasteiger partial charge on any atom is -0.357 e. The molecule has 0 bridgehead atoms. The van der Waals surface area contributed by atoms with Crippen LogP contribution in [0, 0.1) is 12.8 Å². The predicted octanol–water partition coefficient (Wildman–Crippen LogP) is 3.97. The van der Waals surface area contributed by atoms with E-state index in [1.807, 2.05) is 19.3 Å². The van der Waals surface area contributed by atoms with Gasteiger partial charge in [-0.15, -0.1) is 24.0 Å². The number of aryl methyl sites for hydroxylation is 2. The zero-order valence-corrected chi connectivity index (χ0v) is 18.3. The molecule has 1 aromatic heterocycles. The summed E-state index contributed by atoms with van der Waals surface area (Å²) in [5.74, 6) is 2.79. The monoisotopic (exact) mass is 449 g/mol. The Labute approximate surface area is 165 Å². The van der Waals surface area contributed by atoms with Gasteiger partial charge in [0.2, 0.25) is 0 Å². The SMILES string of the molecule is CCNC(=NCCCCn1ccnc1C)NC(C)CCC(C)C.I. The van der Waals surface area contributed by atoms with Gasteiger partial charge in [0.05, 0.1) is 0 Å². The highest BCUT2D eigenvalue weighted by molar-refractivity contribution is 14.0. The second kappa shape index (κ2) is 13.5. The molecule has 0 saturated carbocycles. The summed E-state index contributed by atoms with van der Waals surface area (Å²) in [6.45, 7) is 13.7. The van der Waals surface area contributed by atoms with Crippen LogP contribution in [0.25, 0.3) is 0 Å². The number of hydrogen-bond donors (Lipinski definition) is 2. The van der Waals surface area contributed by atoms with E-state index in [1.54, 1.807) is 0 Å². The highest BCUT2D eigenvalue weighted by atomic mass is 127. The minimum absolute atomic E-state index is 0. The van der Waals surface area contributed by atoms with Gasteiger partial charge in [-0.25, -0.2) is 4.98 Å². The molecule has 0 fully saturated rings. The molecule has 140 valence electrons. The molecular weight excluding hydrogens is 413 g/mol. The van der Waals surface area contributed by atoms with E-state index < -0.39 is 0 Å². The molecule has 1 aromatic rings. The van der Waals surface area contributed by atoms with Crippen LogP contribution in [0.5, 0.6) is 0 Å². The van der Waals surface area contributed by atoms with Crippen molar-refractivity contribution < 1.29 is 0 Å². The predicted molar refractivity (Wildman–Crippen MR) is 114 cm³/mol. The molecule has 1 unspecified atom stereocenters. The first-order chi connectivity index (χ1) is 11.0. The third-order valence-corrected chi connectivity index (χ3v) is 3.91.